The molecule has 1 unspecified atom stereocenters. The lowest BCUT2D eigenvalue weighted by Crippen LogP contribution is -2.54. The largest absolute Gasteiger partial charge is 0.354 e. The molecule has 17 heavy (non-hydrogen) atoms. The quantitative estimate of drug-likeness (QED) is 0.785. The number of rotatable bonds is 2. The maximum atomic E-state index is 12.8. The molecule has 1 atom stereocenters. The number of hydrogen-bond donors (Lipinski definition) is 0. The topological polar surface area (TPSA) is 19.4 Å². The van der Waals surface area contributed by atoms with Gasteiger partial charge < -0.3 is 4.90 Å². The van der Waals surface area contributed by atoms with E-state index in [1.807, 2.05) is 0 Å². The van der Waals surface area contributed by atoms with Crippen molar-refractivity contribution in [3.8, 4) is 0 Å². The monoisotopic (exact) mass is 237 g/mol. The van der Waals surface area contributed by atoms with Gasteiger partial charge in [-0.1, -0.05) is 0 Å². The van der Waals surface area contributed by atoms with Crippen LogP contribution in [0.3, 0.4) is 0 Å². The number of aromatic nitrogens is 1. The number of piperazine rings is 1. The van der Waals surface area contributed by atoms with E-state index in [0.717, 1.165) is 25.5 Å². The highest BCUT2D eigenvalue weighted by Crippen LogP contribution is 2.18. The van der Waals surface area contributed by atoms with Gasteiger partial charge in [0.25, 0.3) is 0 Å². The van der Waals surface area contributed by atoms with Crippen molar-refractivity contribution in [2.75, 3.05) is 24.5 Å². The molecule has 1 aromatic heterocycles. The maximum absolute atomic E-state index is 12.8. The lowest BCUT2D eigenvalue weighted by atomic mass is 10.1. The maximum Gasteiger partial charge on any atom is 0.141 e. The summed E-state index contributed by atoms with van der Waals surface area (Å²) < 4.78 is 12.8. The molecular weight excluding hydrogens is 217 g/mol. The smallest absolute Gasteiger partial charge is 0.141 e. The van der Waals surface area contributed by atoms with E-state index in [1.165, 1.54) is 12.3 Å². The molecule has 1 fully saturated rings. The molecule has 94 valence electrons. The van der Waals surface area contributed by atoms with E-state index in [4.69, 9.17) is 0 Å². The van der Waals surface area contributed by atoms with Gasteiger partial charge in [-0.05, 0) is 32.9 Å². The van der Waals surface area contributed by atoms with Gasteiger partial charge in [-0.15, -0.1) is 0 Å². The molecular formula is C13H20FN3. The highest BCUT2D eigenvalue weighted by atomic mass is 19.1. The van der Waals surface area contributed by atoms with E-state index in [9.17, 15) is 4.39 Å². The molecule has 0 saturated carbocycles. The lowest BCUT2D eigenvalue weighted by molar-refractivity contribution is 0.148. The van der Waals surface area contributed by atoms with E-state index in [-0.39, 0.29) is 5.82 Å². The summed E-state index contributed by atoms with van der Waals surface area (Å²) in [5.41, 5.74) is 0. The summed E-state index contributed by atoms with van der Waals surface area (Å²) in [4.78, 5) is 8.85. The summed E-state index contributed by atoms with van der Waals surface area (Å²) in [7, 11) is 0. The Morgan fingerprint density at radius 2 is 2.12 bits per heavy atom. The Morgan fingerprint density at radius 3 is 2.65 bits per heavy atom. The Morgan fingerprint density at radius 1 is 1.35 bits per heavy atom. The van der Waals surface area contributed by atoms with Crippen LogP contribution in [0, 0.1) is 5.82 Å². The van der Waals surface area contributed by atoms with Crippen molar-refractivity contribution in [3.05, 3.63) is 24.1 Å². The highest BCUT2D eigenvalue weighted by molar-refractivity contribution is 5.38. The third kappa shape index (κ3) is 2.75. The van der Waals surface area contributed by atoms with Crippen LogP contribution in [0.5, 0.6) is 0 Å². The Balaban J connectivity index is 2.04. The van der Waals surface area contributed by atoms with E-state index in [2.05, 4.69) is 35.6 Å². The molecule has 1 aliphatic heterocycles. The van der Waals surface area contributed by atoms with Crippen molar-refractivity contribution >= 4 is 5.82 Å². The van der Waals surface area contributed by atoms with Crippen LogP contribution in [-0.2, 0) is 0 Å². The molecule has 1 aromatic rings. The second-order valence-corrected chi connectivity index (χ2v) is 4.96. The van der Waals surface area contributed by atoms with Gasteiger partial charge >= 0.3 is 0 Å². The number of nitrogens with zero attached hydrogens (tertiary/aromatic N) is 3. The predicted octanol–water partition coefficient (Wildman–Crippen LogP) is 2.14. The minimum absolute atomic E-state index is 0.275. The average molecular weight is 237 g/mol. The second-order valence-electron chi connectivity index (χ2n) is 4.96. The standard InChI is InChI=1S/C13H20FN3/c1-10(2)17-7-6-16(9-11(17)3)13-5-4-12(14)8-15-13/h4-5,8,10-11H,6-7,9H2,1-3H3. The zero-order valence-electron chi connectivity index (χ0n) is 10.7. The first kappa shape index (κ1) is 12.3. The summed E-state index contributed by atoms with van der Waals surface area (Å²) in [5, 5.41) is 0. The van der Waals surface area contributed by atoms with Gasteiger partial charge in [-0.3, -0.25) is 4.90 Å². The lowest BCUT2D eigenvalue weighted by Gasteiger charge is -2.42. The molecule has 0 aliphatic carbocycles. The van der Waals surface area contributed by atoms with Crippen molar-refractivity contribution in [1.82, 2.24) is 9.88 Å². The predicted molar refractivity (Wildman–Crippen MR) is 67.7 cm³/mol. The summed E-state index contributed by atoms with van der Waals surface area (Å²) in [6.07, 6.45) is 1.29. The van der Waals surface area contributed by atoms with Crippen LogP contribution in [0.4, 0.5) is 10.2 Å². The van der Waals surface area contributed by atoms with Crippen LogP contribution in [0.25, 0.3) is 0 Å². The van der Waals surface area contributed by atoms with Gasteiger partial charge in [0, 0.05) is 31.7 Å². The van der Waals surface area contributed by atoms with Crippen molar-refractivity contribution in [2.45, 2.75) is 32.9 Å². The molecule has 0 spiro atoms. The number of halogens is 1. The molecule has 2 rings (SSSR count). The molecule has 0 amide bonds. The van der Waals surface area contributed by atoms with Gasteiger partial charge in [-0.2, -0.15) is 0 Å². The summed E-state index contributed by atoms with van der Waals surface area (Å²) in [5.74, 6) is 0.601. The Labute approximate surface area is 102 Å². The summed E-state index contributed by atoms with van der Waals surface area (Å²) >= 11 is 0. The van der Waals surface area contributed by atoms with Crippen LogP contribution in [0.1, 0.15) is 20.8 Å². The molecule has 0 N–H and O–H groups in total. The van der Waals surface area contributed by atoms with Crippen LogP contribution in [0.15, 0.2) is 18.3 Å². The fourth-order valence-corrected chi connectivity index (χ4v) is 2.50. The van der Waals surface area contributed by atoms with Gasteiger partial charge in [0.05, 0.1) is 6.20 Å². The van der Waals surface area contributed by atoms with Crippen molar-refractivity contribution in [3.63, 3.8) is 0 Å². The summed E-state index contributed by atoms with van der Waals surface area (Å²) in [6, 6.07) is 4.32. The van der Waals surface area contributed by atoms with Crippen molar-refractivity contribution in [1.29, 1.82) is 0 Å². The van der Waals surface area contributed by atoms with Crippen LogP contribution < -0.4 is 4.90 Å². The van der Waals surface area contributed by atoms with Gasteiger partial charge in [-0.25, -0.2) is 9.37 Å². The molecule has 0 bridgehead atoms. The van der Waals surface area contributed by atoms with Crippen molar-refractivity contribution < 1.29 is 4.39 Å². The van der Waals surface area contributed by atoms with Crippen LogP contribution >= 0.6 is 0 Å². The van der Waals surface area contributed by atoms with Crippen molar-refractivity contribution in [2.24, 2.45) is 0 Å². The fraction of sp³-hybridized carbons (Fsp3) is 0.615. The minimum atomic E-state index is -0.275. The number of anilines is 1. The third-order valence-electron chi connectivity index (χ3n) is 3.38. The SMILES string of the molecule is CC(C)N1CCN(c2ccc(F)cn2)CC1C. The molecule has 2 heterocycles. The zero-order valence-corrected chi connectivity index (χ0v) is 10.7. The van der Waals surface area contributed by atoms with E-state index in [1.54, 1.807) is 6.07 Å². The van der Waals surface area contributed by atoms with E-state index < -0.39 is 0 Å². The Hall–Kier alpha value is -1.16. The van der Waals surface area contributed by atoms with E-state index >= 15 is 0 Å². The first-order chi connectivity index (χ1) is 8.08. The normalized spacial score (nSPS) is 22.2. The molecule has 1 saturated heterocycles. The Kier molecular flexibility index (Phi) is 3.62. The second kappa shape index (κ2) is 5.00. The first-order valence-electron chi connectivity index (χ1n) is 6.20. The molecule has 1 aliphatic rings. The number of pyridine rings is 1. The third-order valence-corrected chi connectivity index (χ3v) is 3.38. The van der Waals surface area contributed by atoms with Gasteiger partial charge in [0.2, 0.25) is 0 Å². The Bertz CT molecular complexity index is 363. The summed E-state index contributed by atoms with van der Waals surface area (Å²) in [6.45, 7) is 9.64. The minimum Gasteiger partial charge on any atom is -0.354 e. The van der Waals surface area contributed by atoms with Gasteiger partial charge in [0.15, 0.2) is 0 Å². The number of hydrogen-bond acceptors (Lipinski definition) is 3. The molecule has 0 aromatic carbocycles. The van der Waals surface area contributed by atoms with Crippen LogP contribution in [0.2, 0.25) is 0 Å². The van der Waals surface area contributed by atoms with Gasteiger partial charge in [0.1, 0.15) is 11.6 Å². The van der Waals surface area contributed by atoms with E-state index in [0.29, 0.717) is 12.1 Å². The molecule has 0 radical (unpaired) electrons. The molecule has 3 nitrogen and oxygen atoms in total. The molecule has 4 heteroatoms. The van der Waals surface area contributed by atoms with Crippen LogP contribution in [-0.4, -0.2) is 41.6 Å². The first-order valence-corrected chi connectivity index (χ1v) is 6.20. The highest BCUT2D eigenvalue weighted by Gasteiger charge is 2.25. The zero-order chi connectivity index (χ0) is 12.4. The fourth-order valence-electron chi connectivity index (χ4n) is 2.50. The average Bonchev–Trinajstić information content (AvgIpc) is 2.29.